The number of aromatic nitrogens is 5. The number of hydrogen-bond donors (Lipinski definition) is 2. The number of para-hydroxylation sites is 1. The van der Waals surface area contributed by atoms with E-state index < -0.39 is 11.7 Å². The average molecular weight is 463 g/mol. The van der Waals surface area contributed by atoms with Crippen molar-refractivity contribution in [2.45, 2.75) is 26.4 Å². The van der Waals surface area contributed by atoms with Crippen molar-refractivity contribution < 1.29 is 19.4 Å². The molecule has 0 bridgehead atoms. The summed E-state index contributed by atoms with van der Waals surface area (Å²) in [5.41, 5.74) is 2.27. The van der Waals surface area contributed by atoms with Crippen LogP contribution in [0, 0.1) is 0 Å². The third kappa shape index (κ3) is 4.05. The van der Waals surface area contributed by atoms with E-state index in [1.54, 1.807) is 37.5 Å². The van der Waals surface area contributed by atoms with E-state index in [4.69, 9.17) is 14.5 Å². The van der Waals surface area contributed by atoms with E-state index in [9.17, 15) is 9.90 Å². The Bertz CT molecular complexity index is 1380. The minimum atomic E-state index is -0.618. The number of nitrogens with one attached hydrogen (secondary N) is 1. The van der Waals surface area contributed by atoms with Crippen molar-refractivity contribution in [1.29, 1.82) is 0 Å². The van der Waals surface area contributed by atoms with Crippen molar-refractivity contribution in [2.75, 3.05) is 36.5 Å². The molecule has 0 saturated heterocycles. The van der Waals surface area contributed by atoms with Gasteiger partial charge in [-0.15, -0.1) is 10.2 Å². The zero-order valence-electron chi connectivity index (χ0n) is 19.1. The predicted octanol–water partition coefficient (Wildman–Crippen LogP) is 2.88. The van der Waals surface area contributed by atoms with Crippen molar-refractivity contribution in [3.8, 4) is 17.3 Å². The van der Waals surface area contributed by atoms with Gasteiger partial charge in [0.15, 0.2) is 5.75 Å². The van der Waals surface area contributed by atoms with Gasteiger partial charge in [-0.25, -0.2) is 9.78 Å². The van der Waals surface area contributed by atoms with Crippen molar-refractivity contribution in [3.05, 3.63) is 36.5 Å². The van der Waals surface area contributed by atoms with Gasteiger partial charge < -0.3 is 19.5 Å². The second-order valence-corrected chi connectivity index (χ2v) is 8.88. The van der Waals surface area contributed by atoms with Gasteiger partial charge in [-0.1, -0.05) is 18.2 Å². The lowest BCUT2D eigenvalue weighted by molar-refractivity contribution is 0.0636. The highest BCUT2D eigenvalue weighted by molar-refractivity contribution is 5.98. The molecular formula is C23H25N7O4. The minimum Gasteiger partial charge on any atom is -0.486 e. The molecule has 34 heavy (non-hydrogen) atoms. The maximum Gasteiger partial charge on any atom is 0.412 e. The second kappa shape index (κ2) is 8.41. The third-order valence-corrected chi connectivity index (χ3v) is 5.28. The van der Waals surface area contributed by atoms with E-state index in [1.165, 1.54) is 0 Å². The Labute approximate surface area is 195 Å². The van der Waals surface area contributed by atoms with Gasteiger partial charge in [0.25, 0.3) is 0 Å². The van der Waals surface area contributed by atoms with Gasteiger partial charge in [-0.05, 0) is 32.9 Å². The van der Waals surface area contributed by atoms with Gasteiger partial charge in [0.2, 0.25) is 11.5 Å². The van der Waals surface area contributed by atoms with E-state index in [2.05, 4.69) is 20.6 Å². The molecule has 1 aliphatic heterocycles. The Hall–Kier alpha value is -3.99. The number of aliphatic hydroxyl groups is 1. The van der Waals surface area contributed by atoms with E-state index in [-0.39, 0.29) is 6.61 Å². The first kappa shape index (κ1) is 21.8. The Morgan fingerprint density at radius 2 is 2.09 bits per heavy atom. The van der Waals surface area contributed by atoms with E-state index in [1.807, 2.05) is 29.2 Å². The molecule has 0 spiro atoms. The third-order valence-electron chi connectivity index (χ3n) is 5.28. The molecule has 11 heteroatoms. The van der Waals surface area contributed by atoms with Crippen LogP contribution in [0.4, 0.5) is 16.2 Å². The van der Waals surface area contributed by atoms with Gasteiger partial charge in [-0.3, -0.25) is 5.32 Å². The van der Waals surface area contributed by atoms with Crippen LogP contribution < -0.4 is 15.0 Å². The molecule has 0 unspecified atom stereocenters. The molecule has 1 aromatic carbocycles. The van der Waals surface area contributed by atoms with Crippen molar-refractivity contribution >= 4 is 34.0 Å². The average Bonchev–Trinajstić information content (AvgIpc) is 3.23. The Kier molecular flexibility index (Phi) is 5.40. The fourth-order valence-corrected chi connectivity index (χ4v) is 3.86. The molecule has 1 aliphatic rings. The first-order valence-corrected chi connectivity index (χ1v) is 11.0. The molecule has 0 radical (unpaired) electrons. The molecule has 4 aromatic rings. The SMILES string of the molecule is CC(C)(C)OC(=O)Nc1cccc2ccc(-c3nnc4c5c(cnn34)N(CCO)CCO5)nc12. The van der Waals surface area contributed by atoms with Crippen LogP contribution >= 0.6 is 0 Å². The number of fused-ring (bicyclic) bond motifs is 4. The van der Waals surface area contributed by atoms with Crippen LogP contribution in [0.15, 0.2) is 36.5 Å². The first-order valence-electron chi connectivity index (χ1n) is 11.0. The molecule has 0 aliphatic carbocycles. The van der Waals surface area contributed by atoms with Crippen LogP contribution in [0.1, 0.15) is 20.8 Å². The Morgan fingerprint density at radius 1 is 1.24 bits per heavy atom. The number of hydrogen-bond acceptors (Lipinski definition) is 9. The van der Waals surface area contributed by atoms with Gasteiger partial charge in [0.05, 0.1) is 30.6 Å². The number of benzene rings is 1. The normalized spacial score (nSPS) is 13.6. The number of carbonyl (C=O) groups excluding carboxylic acids is 1. The summed E-state index contributed by atoms with van der Waals surface area (Å²) in [6.07, 6.45) is 1.12. The Morgan fingerprint density at radius 3 is 2.88 bits per heavy atom. The van der Waals surface area contributed by atoms with Crippen molar-refractivity contribution in [1.82, 2.24) is 24.8 Å². The van der Waals surface area contributed by atoms with Crippen LogP contribution in [-0.4, -0.2) is 67.9 Å². The predicted molar refractivity (Wildman–Crippen MR) is 126 cm³/mol. The molecule has 3 aromatic heterocycles. The second-order valence-electron chi connectivity index (χ2n) is 8.88. The van der Waals surface area contributed by atoms with Gasteiger partial charge in [-0.2, -0.15) is 9.61 Å². The van der Waals surface area contributed by atoms with Crippen LogP contribution in [0.25, 0.3) is 28.1 Å². The molecule has 1 amide bonds. The molecular weight excluding hydrogens is 438 g/mol. The largest absolute Gasteiger partial charge is 0.486 e. The smallest absolute Gasteiger partial charge is 0.412 e. The number of aliphatic hydroxyl groups excluding tert-OH is 1. The van der Waals surface area contributed by atoms with Gasteiger partial charge in [0.1, 0.15) is 23.6 Å². The summed E-state index contributed by atoms with van der Waals surface area (Å²) in [4.78, 5) is 19.1. The lowest BCUT2D eigenvalue weighted by Gasteiger charge is -2.30. The molecule has 2 N–H and O–H groups in total. The molecule has 0 saturated carbocycles. The van der Waals surface area contributed by atoms with Crippen LogP contribution in [0.5, 0.6) is 5.75 Å². The molecule has 11 nitrogen and oxygen atoms in total. The van der Waals surface area contributed by atoms with E-state index in [0.29, 0.717) is 53.8 Å². The zero-order valence-corrected chi connectivity index (χ0v) is 19.1. The maximum atomic E-state index is 12.3. The lowest BCUT2D eigenvalue weighted by Crippen LogP contribution is -2.35. The summed E-state index contributed by atoms with van der Waals surface area (Å²) in [6.45, 7) is 7.07. The quantitative estimate of drug-likeness (QED) is 0.470. The molecule has 176 valence electrons. The number of amides is 1. The molecule has 5 rings (SSSR count). The highest BCUT2D eigenvalue weighted by atomic mass is 16.6. The van der Waals surface area contributed by atoms with Crippen LogP contribution in [-0.2, 0) is 4.74 Å². The van der Waals surface area contributed by atoms with E-state index in [0.717, 1.165) is 11.1 Å². The first-order chi connectivity index (χ1) is 16.3. The zero-order chi connectivity index (χ0) is 23.9. The highest BCUT2D eigenvalue weighted by Gasteiger charge is 2.25. The summed E-state index contributed by atoms with van der Waals surface area (Å²) in [5, 5.41) is 26.1. The number of nitrogens with zero attached hydrogens (tertiary/aromatic N) is 6. The van der Waals surface area contributed by atoms with E-state index >= 15 is 0 Å². The summed E-state index contributed by atoms with van der Waals surface area (Å²) < 4.78 is 12.8. The summed E-state index contributed by atoms with van der Waals surface area (Å²) in [7, 11) is 0. The summed E-state index contributed by atoms with van der Waals surface area (Å²) in [6, 6.07) is 9.24. The molecule has 0 fully saturated rings. The number of ether oxygens (including phenoxy) is 2. The standard InChI is InChI=1S/C23H25N7O4/c1-23(2,3)34-22(32)26-15-6-4-5-14-7-8-16(25-18(14)15)20-27-28-21-19-17(13-24-30(20)21)29(9-11-31)10-12-33-19/h4-8,13,31H,9-12H2,1-3H3,(H,26,32). The van der Waals surface area contributed by atoms with Crippen LogP contribution in [0.3, 0.4) is 0 Å². The highest BCUT2D eigenvalue weighted by Crippen LogP contribution is 2.35. The molecule has 4 heterocycles. The van der Waals surface area contributed by atoms with Crippen molar-refractivity contribution in [3.63, 3.8) is 0 Å². The lowest BCUT2D eigenvalue weighted by atomic mass is 10.1. The van der Waals surface area contributed by atoms with Crippen LogP contribution in [0.2, 0.25) is 0 Å². The number of carbonyl (C=O) groups is 1. The monoisotopic (exact) mass is 463 g/mol. The van der Waals surface area contributed by atoms with Gasteiger partial charge in [0, 0.05) is 11.9 Å². The summed E-state index contributed by atoms with van der Waals surface area (Å²) >= 11 is 0. The maximum absolute atomic E-state index is 12.3. The topological polar surface area (TPSA) is 127 Å². The Balaban J connectivity index is 1.54. The summed E-state index contributed by atoms with van der Waals surface area (Å²) in [5.74, 6) is 1.01. The number of rotatable bonds is 4. The van der Waals surface area contributed by atoms with Crippen molar-refractivity contribution in [2.24, 2.45) is 0 Å². The minimum absolute atomic E-state index is 0.0310. The van der Waals surface area contributed by atoms with Gasteiger partial charge >= 0.3 is 6.09 Å². The fraction of sp³-hybridized carbons (Fsp3) is 0.348. The number of β-amino-alcohol motifs (C(OH)–C–C–N with tert-alkyl or cyclic N) is 1. The molecule has 0 atom stereocenters. The number of anilines is 2. The fourth-order valence-electron chi connectivity index (χ4n) is 3.86. The number of pyridine rings is 1.